The summed E-state index contributed by atoms with van der Waals surface area (Å²) < 4.78 is 14.1. The molecule has 1 N–H and O–H groups in total. The number of hydrogen-bond donors (Lipinski definition) is 1. The van der Waals surface area contributed by atoms with E-state index in [1.807, 2.05) is 31.0 Å². The van der Waals surface area contributed by atoms with Crippen LogP contribution in [0.3, 0.4) is 0 Å². The maximum Gasteiger partial charge on any atom is 0.146 e. The standard InChI is InChI=1S/C17H21FN2/c1-4-20(17-8-6-5-7-15(17)18)16-10-9-13(2)11-14(16)12-19-3/h5-11,19H,4,12H2,1-3H3. The lowest BCUT2D eigenvalue weighted by Crippen LogP contribution is -2.20. The largest absolute Gasteiger partial charge is 0.339 e. The van der Waals surface area contributed by atoms with E-state index in [2.05, 4.69) is 30.4 Å². The first kappa shape index (κ1) is 14.5. The molecule has 0 aromatic heterocycles. The smallest absolute Gasteiger partial charge is 0.146 e. The fourth-order valence-corrected chi connectivity index (χ4v) is 2.45. The van der Waals surface area contributed by atoms with Crippen LogP contribution in [0.1, 0.15) is 18.1 Å². The summed E-state index contributed by atoms with van der Waals surface area (Å²) in [6.07, 6.45) is 0. The first-order chi connectivity index (χ1) is 9.67. The van der Waals surface area contributed by atoms with E-state index in [9.17, 15) is 4.39 Å². The number of nitrogens with zero attached hydrogens (tertiary/aromatic N) is 1. The highest BCUT2D eigenvalue weighted by Gasteiger charge is 2.14. The number of para-hydroxylation sites is 1. The third-order valence-electron chi connectivity index (χ3n) is 3.35. The van der Waals surface area contributed by atoms with Crippen LogP contribution in [0.4, 0.5) is 15.8 Å². The van der Waals surface area contributed by atoms with E-state index in [1.54, 1.807) is 6.07 Å². The molecule has 0 atom stereocenters. The van der Waals surface area contributed by atoms with Crippen molar-refractivity contribution in [3.63, 3.8) is 0 Å². The molecule has 0 radical (unpaired) electrons. The van der Waals surface area contributed by atoms with E-state index in [4.69, 9.17) is 0 Å². The highest BCUT2D eigenvalue weighted by Crippen LogP contribution is 2.30. The molecule has 0 aliphatic carbocycles. The minimum absolute atomic E-state index is 0.190. The van der Waals surface area contributed by atoms with Crippen molar-refractivity contribution in [1.82, 2.24) is 5.32 Å². The van der Waals surface area contributed by atoms with Crippen molar-refractivity contribution in [3.8, 4) is 0 Å². The van der Waals surface area contributed by atoms with E-state index in [0.29, 0.717) is 5.69 Å². The van der Waals surface area contributed by atoms with Crippen molar-refractivity contribution < 1.29 is 4.39 Å². The van der Waals surface area contributed by atoms with Gasteiger partial charge in [0.05, 0.1) is 5.69 Å². The molecule has 0 amide bonds. The Bertz CT molecular complexity index is 581. The van der Waals surface area contributed by atoms with Crippen molar-refractivity contribution in [2.45, 2.75) is 20.4 Å². The summed E-state index contributed by atoms with van der Waals surface area (Å²) in [5.74, 6) is -0.190. The Kier molecular flexibility index (Phi) is 4.74. The van der Waals surface area contributed by atoms with Gasteiger partial charge >= 0.3 is 0 Å². The first-order valence-corrected chi connectivity index (χ1v) is 6.93. The van der Waals surface area contributed by atoms with E-state index in [0.717, 1.165) is 18.8 Å². The average molecular weight is 272 g/mol. The van der Waals surface area contributed by atoms with Gasteiger partial charge in [0.25, 0.3) is 0 Å². The Morgan fingerprint density at radius 2 is 1.85 bits per heavy atom. The van der Waals surface area contributed by atoms with Gasteiger partial charge in [0, 0.05) is 18.8 Å². The number of anilines is 2. The molecule has 2 aromatic rings. The van der Waals surface area contributed by atoms with E-state index in [-0.39, 0.29) is 5.82 Å². The van der Waals surface area contributed by atoms with E-state index >= 15 is 0 Å². The second-order valence-corrected chi connectivity index (χ2v) is 4.86. The minimum Gasteiger partial charge on any atom is -0.339 e. The van der Waals surface area contributed by atoms with Crippen LogP contribution in [0.15, 0.2) is 42.5 Å². The zero-order chi connectivity index (χ0) is 14.5. The van der Waals surface area contributed by atoms with Crippen LogP contribution in [0.25, 0.3) is 0 Å². The summed E-state index contributed by atoms with van der Waals surface area (Å²) in [6, 6.07) is 13.2. The van der Waals surface area contributed by atoms with Crippen LogP contribution in [-0.2, 0) is 6.54 Å². The van der Waals surface area contributed by atoms with Crippen molar-refractivity contribution in [2.75, 3.05) is 18.5 Å². The van der Waals surface area contributed by atoms with Crippen LogP contribution in [0.5, 0.6) is 0 Å². The molecule has 0 saturated heterocycles. The van der Waals surface area contributed by atoms with Gasteiger partial charge in [-0.1, -0.05) is 29.8 Å². The summed E-state index contributed by atoms with van der Waals surface area (Å²) in [4.78, 5) is 2.02. The molecule has 0 heterocycles. The Labute approximate surface area is 120 Å². The highest BCUT2D eigenvalue weighted by atomic mass is 19.1. The van der Waals surface area contributed by atoms with Crippen LogP contribution in [0.2, 0.25) is 0 Å². The average Bonchev–Trinajstić information content (AvgIpc) is 2.44. The molecule has 2 nitrogen and oxygen atoms in total. The molecule has 106 valence electrons. The number of halogens is 1. The molecular formula is C17H21FN2. The lowest BCUT2D eigenvalue weighted by molar-refractivity contribution is 0.625. The lowest BCUT2D eigenvalue weighted by atomic mass is 10.1. The molecule has 0 aliphatic heterocycles. The SMILES string of the molecule is CCN(c1ccccc1F)c1ccc(C)cc1CNC. The number of nitrogens with one attached hydrogen (secondary N) is 1. The quantitative estimate of drug-likeness (QED) is 0.884. The molecule has 2 aromatic carbocycles. The predicted molar refractivity (Wildman–Crippen MR) is 83.0 cm³/mol. The Morgan fingerprint density at radius 1 is 1.10 bits per heavy atom. The summed E-state index contributed by atoms with van der Waals surface area (Å²) in [6.45, 7) is 5.60. The molecule has 3 heteroatoms. The maximum absolute atomic E-state index is 14.1. The fourth-order valence-electron chi connectivity index (χ4n) is 2.45. The van der Waals surface area contributed by atoms with Crippen LogP contribution in [-0.4, -0.2) is 13.6 Å². The third-order valence-corrected chi connectivity index (χ3v) is 3.35. The van der Waals surface area contributed by atoms with E-state index < -0.39 is 0 Å². The number of aryl methyl sites for hydroxylation is 1. The number of hydrogen-bond acceptors (Lipinski definition) is 2. The molecule has 0 unspecified atom stereocenters. The van der Waals surface area contributed by atoms with E-state index in [1.165, 1.54) is 17.2 Å². The summed E-state index contributed by atoms with van der Waals surface area (Å²) in [7, 11) is 1.92. The highest BCUT2D eigenvalue weighted by molar-refractivity contribution is 5.67. The molecular weight excluding hydrogens is 251 g/mol. The lowest BCUT2D eigenvalue weighted by Gasteiger charge is -2.26. The van der Waals surface area contributed by atoms with Crippen LogP contribution < -0.4 is 10.2 Å². The Morgan fingerprint density at radius 3 is 2.50 bits per heavy atom. The van der Waals surface area contributed by atoms with Gasteiger partial charge in [0.1, 0.15) is 5.82 Å². The van der Waals surface area contributed by atoms with Crippen molar-refractivity contribution in [1.29, 1.82) is 0 Å². The molecule has 0 aliphatic rings. The number of rotatable bonds is 5. The molecule has 2 rings (SSSR count). The monoisotopic (exact) mass is 272 g/mol. The zero-order valence-corrected chi connectivity index (χ0v) is 12.3. The first-order valence-electron chi connectivity index (χ1n) is 6.93. The van der Waals surface area contributed by atoms with Gasteiger partial charge in [-0.05, 0) is 44.7 Å². The van der Waals surface area contributed by atoms with Crippen molar-refractivity contribution >= 4 is 11.4 Å². The van der Waals surface area contributed by atoms with Crippen molar-refractivity contribution in [3.05, 3.63) is 59.4 Å². The molecule has 0 spiro atoms. The molecule has 0 saturated carbocycles. The van der Waals surface area contributed by atoms with Gasteiger partial charge in [-0.3, -0.25) is 0 Å². The van der Waals surface area contributed by atoms with Crippen LogP contribution in [0, 0.1) is 12.7 Å². The molecule has 0 fully saturated rings. The molecule has 20 heavy (non-hydrogen) atoms. The van der Waals surface area contributed by atoms with Crippen LogP contribution >= 0.6 is 0 Å². The normalized spacial score (nSPS) is 10.6. The van der Waals surface area contributed by atoms with Crippen molar-refractivity contribution in [2.24, 2.45) is 0 Å². The Balaban J connectivity index is 2.49. The number of benzene rings is 2. The van der Waals surface area contributed by atoms with Gasteiger partial charge in [0.2, 0.25) is 0 Å². The van der Waals surface area contributed by atoms with Gasteiger partial charge < -0.3 is 10.2 Å². The molecule has 0 bridgehead atoms. The topological polar surface area (TPSA) is 15.3 Å². The zero-order valence-electron chi connectivity index (χ0n) is 12.3. The third kappa shape index (κ3) is 2.99. The van der Waals surface area contributed by atoms with Gasteiger partial charge in [-0.2, -0.15) is 0 Å². The second kappa shape index (κ2) is 6.53. The summed E-state index contributed by atoms with van der Waals surface area (Å²) >= 11 is 0. The summed E-state index contributed by atoms with van der Waals surface area (Å²) in [5, 5.41) is 3.18. The Hall–Kier alpha value is -1.87. The summed E-state index contributed by atoms with van der Waals surface area (Å²) in [5.41, 5.74) is 4.06. The predicted octanol–water partition coefficient (Wildman–Crippen LogP) is 4.01. The fraction of sp³-hybridized carbons (Fsp3) is 0.294. The van der Waals surface area contributed by atoms with Gasteiger partial charge in [0.15, 0.2) is 0 Å². The van der Waals surface area contributed by atoms with Gasteiger partial charge in [-0.25, -0.2) is 4.39 Å². The van der Waals surface area contributed by atoms with Gasteiger partial charge in [-0.15, -0.1) is 0 Å². The second-order valence-electron chi connectivity index (χ2n) is 4.86. The maximum atomic E-state index is 14.1. The minimum atomic E-state index is -0.190.